The van der Waals surface area contributed by atoms with E-state index in [0.717, 1.165) is 29.9 Å². The van der Waals surface area contributed by atoms with Gasteiger partial charge < -0.3 is 4.74 Å². The molecule has 0 bridgehead atoms. The molecule has 114 valence electrons. The number of ether oxygens (including phenoxy) is 1. The van der Waals surface area contributed by atoms with Crippen molar-refractivity contribution in [3.63, 3.8) is 0 Å². The zero-order valence-corrected chi connectivity index (χ0v) is 13.3. The molecule has 0 N–H and O–H groups in total. The first-order valence-corrected chi connectivity index (χ1v) is 7.65. The summed E-state index contributed by atoms with van der Waals surface area (Å²) in [6, 6.07) is 17.6. The molecule has 0 saturated heterocycles. The predicted molar refractivity (Wildman–Crippen MR) is 91.0 cm³/mol. The minimum atomic E-state index is -0.329. The van der Waals surface area contributed by atoms with E-state index in [9.17, 15) is 4.79 Å². The number of halogens is 1. The number of methoxy groups -OCH3 is 1. The summed E-state index contributed by atoms with van der Waals surface area (Å²) in [7, 11) is 1.37. The van der Waals surface area contributed by atoms with E-state index >= 15 is 0 Å². The van der Waals surface area contributed by atoms with E-state index < -0.39 is 0 Å². The van der Waals surface area contributed by atoms with Crippen LogP contribution in [-0.2, 0) is 11.2 Å². The largest absolute Gasteiger partial charge is 0.465 e. The molecule has 0 atom stereocenters. The molecule has 22 heavy (non-hydrogen) atoms. The Morgan fingerprint density at radius 2 is 1.77 bits per heavy atom. The molecule has 3 heteroatoms. The number of esters is 1. The number of carbonyl (C=O) groups is 1. The molecule has 0 aliphatic carbocycles. The molecule has 2 aromatic carbocycles. The Kier molecular flexibility index (Phi) is 6.23. The second-order valence-electron chi connectivity index (χ2n) is 5.04. The number of hydrogen-bond acceptors (Lipinski definition) is 2. The summed E-state index contributed by atoms with van der Waals surface area (Å²) in [4.78, 5) is 11.4. The maximum atomic E-state index is 11.4. The summed E-state index contributed by atoms with van der Waals surface area (Å²) in [5.41, 5.74) is 2.85. The van der Waals surface area contributed by atoms with Gasteiger partial charge in [0.25, 0.3) is 0 Å². The monoisotopic (exact) mass is 314 g/mol. The van der Waals surface area contributed by atoms with Crippen LogP contribution in [0.15, 0.2) is 59.6 Å². The predicted octanol–water partition coefficient (Wildman–Crippen LogP) is 5.08. The molecule has 2 rings (SSSR count). The maximum absolute atomic E-state index is 11.4. The summed E-state index contributed by atoms with van der Waals surface area (Å²) < 4.78 is 4.67. The third-order valence-electron chi connectivity index (χ3n) is 3.38. The van der Waals surface area contributed by atoms with E-state index in [1.165, 1.54) is 12.7 Å². The lowest BCUT2D eigenvalue weighted by Crippen LogP contribution is -2.00. The molecule has 0 aliphatic heterocycles. The van der Waals surface area contributed by atoms with Crippen LogP contribution in [0.1, 0.15) is 34.3 Å². The Balaban J connectivity index is 1.87. The number of allylic oxidation sites excluding steroid dienone is 1. The van der Waals surface area contributed by atoms with Crippen LogP contribution in [0.2, 0.25) is 0 Å². The topological polar surface area (TPSA) is 26.3 Å². The maximum Gasteiger partial charge on any atom is 0.337 e. The lowest BCUT2D eigenvalue weighted by Gasteiger charge is -2.02. The summed E-state index contributed by atoms with van der Waals surface area (Å²) in [6.45, 7) is 0. The first-order valence-electron chi connectivity index (χ1n) is 7.27. The first-order chi connectivity index (χ1) is 10.7. The van der Waals surface area contributed by atoms with Crippen LogP contribution in [-0.4, -0.2) is 13.1 Å². The van der Waals surface area contributed by atoms with Crippen LogP contribution < -0.4 is 0 Å². The lowest BCUT2D eigenvalue weighted by atomic mass is 10.1. The molecule has 0 radical (unpaired) electrons. The Morgan fingerprint density at radius 1 is 1.09 bits per heavy atom. The molecule has 2 aromatic rings. The third-order valence-corrected chi connectivity index (χ3v) is 3.68. The van der Waals surface area contributed by atoms with Gasteiger partial charge in [-0.15, -0.1) is 0 Å². The molecule has 0 amide bonds. The third kappa shape index (κ3) is 5.05. The van der Waals surface area contributed by atoms with E-state index in [4.69, 9.17) is 11.6 Å². The highest BCUT2D eigenvalue weighted by molar-refractivity contribution is 6.31. The second kappa shape index (κ2) is 8.40. The van der Waals surface area contributed by atoms with Crippen molar-refractivity contribution in [3.8, 4) is 0 Å². The van der Waals surface area contributed by atoms with Crippen molar-refractivity contribution in [2.24, 2.45) is 0 Å². The van der Waals surface area contributed by atoms with Gasteiger partial charge in [-0.2, -0.15) is 0 Å². The lowest BCUT2D eigenvalue weighted by molar-refractivity contribution is 0.0601. The second-order valence-corrected chi connectivity index (χ2v) is 5.53. The van der Waals surface area contributed by atoms with Crippen molar-refractivity contribution in [1.82, 2.24) is 0 Å². The van der Waals surface area contributed by atoms with Gasteiger partial charge in [0.1, 0.15) is 0 Å². The fourth-order valence-corrected chi connectivity index (χ4v) is 2.45. The molecule has 0 heterocycles. The summed E-state index contributed by atoms with van der Waals surface area (Å²) >= 11 is 6.28. The molecule has 0 aliphatic rings. The number of rotatable bonds is 6. The Morgan fingerprint density at radius 3 is 2.41 bits per heavy atom. The Hall–Kier alpha value is -2.06. The van der Waals surface area contributed by atoms with Crippen LogP contribution >= 0.6 is 11.6 Å². The quantitative estimate of drug-likeness (QED) is 0.695. The van der Waals surface area contributed by atoms with Gasteiger partial charge in [-0.25, -0.2) is 4.79 Å². The smallest absolute Gasteiger partial charge is 0.337 e. The highest BCUT2D eigenvalue weighted by Gasteiger charge is 2.03. The van der Waals surface area contributed by atoms with E-state index in [0.29, 0.717) is 5.56 Å². The first kappa shape index (κ1) is 16.3. The highest BCUT2D eigenvalue weighted by atomic mass is 35.5. The standard InChI is InChI=1S/C19H19ClO2/c1-22-19(21)17-12-10-16(11-13-17)14-18(20)9-5-8-15-6-3-2-4-7-15/h2-4,6-7,10-14H,5,8-9H2,1H3/b18-14-. The average Bonchev–Trinajstić information content (AvgIpc) is 2.56. The number of benzene rings is 2. The van der Waals surface area contributed by atoms with Gasteiger partial charge >= 0.3 is 5.97 Å². The molecule has 0 fully saturated rings. The molecular formula is C19H19ClO2. The fourth-order valence-electron chi connectivity index (χ4n) is 2.19. The molecular weight excluding hydrogens is 296 g/mol. The summed E-state index contributed by atoms with van der Waals surface area (Å²) in [5, 5.41) is 0.821. The van der Waals surface area contributed by atoms with E-state index in [1.807, 2.05) is 24.3 Å². The van der Waals surface area contributed by atoms with Gasteiger partial charge in [-0.05, 0) is 48.6 Å². The zero-order valence-electron chi connectivity index (χ0n) is 12.6. The minimum Gasteiger partial charge on any atom is -0.465 e. The van der Waals surface area contributed by atoms with Crippen LogP contribution in [0.25, 0.3) is 6.08 Å². The van der Waals surface area contributed by atoms with Gasteiger partial charge in [0.05, 0.1) is 12.7 Å². The highest BCUT2D eigenvalue weighted by Crippen LogP contribution is 2.18. The molecule has 0 spiro atoms. The van der Waals surface area contributed by atoms with Gasteiger partial charge in [0.2, 0.25) is 0 Å². The van der Waals surface area contributed by atoms with Crippen molar-refractivity contribution in [3.05, 3.63) is 76.3 Å². The van der Waals surface area contributed by atoms with Crippen molar-refractivity contribution < 1.29 is 9.53 Å². The molecule has 2 nitrogen and oxygen atoms in total. The normalized spacial score (nSPS) is 11.3. The van der Waals surface area contributed by atoms with E-state index in [-0.39, 0.29) is 5.97 Å². The molecule has 0 aromatic heterocycles. The zero-order chi connectivity index (χ0) is 15.8. The summed E-state index contributed by atoms with van der Waals surface area (Å²) in [5.74, 6) is -0.329. The van der Waals surface area contributed by atoms with Gasteiger partial charge in [-0.3, -0.25) is 0 Å². The van der Waals surface area contributed by atoms with E-state index in [1.54, 1.807) is 12.1 Å². The van der Waals surface area contributed by atoms with Crippen LogP contribution in [0, 0.1) is 0 Å². The van der Waals surface area contributed by atoms with Crippen LogP contribution in [0.4, 0.5) is 0 Å². The van der Waals surface area contributed by atoms with E-state index in [2.05, 4.69) is 29.0 Å². The van der Waals surface area contributed by atoms with Gasteiger partial charge in [0.15, 0.2) is 0 Å². The van der Waals surface area contributed by atoms with Gasteiger partial charge in [0, 0.05) is 5.03 Å². The number of carbonyl (C=O) groups excluding carboxylic acids is 1. The van der Waals surface area contributed by atoms with Crippen molar-refractivity contribution in [1.29, 1.82) is 0 Å². The van der Waals surface area contributed by atoms with Crippen LogP contribution in [0.3, 0.4) is 0 Å². The number of aryl methyl sites for hydroxylation is 1. The van der Waals surface area contributed by atoms with Gasteiger partial charge in [-0.1, -0.05) is 54.1 Å². The van der Waals surface area contributed by atoms with Crippen molar-refractivity contribution in [2.45, 2.75) is 19.3 Å². The fraction of sp³-hybridized carbons (Fsp3) is 0.211. The van der Waals surface area contributed by atoms with Crippen molar-refractivity contribution >= 4 is 23.6 Å². The SMILES string of the molecule is COC(=O)c1ccc(/C=C(\Cl)CCCc2ccccc2)cc1. The minimum absolute atomic E-state index is 0.329. The molecule has 0 saturated carbocycles. The Labute approximate surface area is 136 Å². The van der Waals surface area contributed by atoms with Crippen LogP contribution in [0.5, 0.6) is 0 Å². The number of hydrogen-bond donors (Lipinski definition) is 0. The summed E-state index contributed by atoms with van der Waals surface area (Å²) in [6.07, 6.45) is 4.81. The molecule has 0 unspecified atom stereocenters. The van der Waals surface area contributed by atoms with Crippen molar-refractivity contribution in [2.75, 3.05) is 7.11 Å². The Bertz CT molecular complexity index is 630. The average molecular weight is 315 g/mol.